The first-order valence-corrected chi connectivity index (χ1v) is 12.5. The number of hydrogen-bond donors (Lipinski definition) is 0. The molecule has 0 aliphatic heterocycles. The van der Waals surface area contributed by atoms with Gasteiger partial charge in [0, 0.05) is 5.41 Å². The molecule has 186 valence electrons. The van der Waals surface area contributed by atoms with Gasteiger partial charge in [-0.3, -0.25) is 4.79 Å². The summed E-state index contributed by atoms with van der Waals surface area (Å²) in [7, 11) is 1.70. The van der Waals surface area contributed by atoms with E-state index in [9.17, 15) is 13.6 Å². The minimum atomic E-state index is -2.92. The molecule has 5 rings (SSSR count). The van der Waals surface area contributed by atoms with Crippen molar-refractivity contribution >= 4 is 11.9 Å². The van der Waals surface area contributed by atoms with Gasteiger partial charge in [0.25, 0.3) is 0 Å². The van der Waals surface area contributed by atoms with E-state index in [4.69, 9.17) is 9.47 Å². The van der Waals surface area contributed by atoms with Crippen molar-refractivity contribution in [2.45, 2.75) is 58.5 Å². The van der Waals surface area contributed by atoms with Crippen molar-refractivity contribution in [3.05, 3.63) is 58.7 Å². The Balaban J connectivity index is 1.43. The van der Waals surface area contributed by atoms with Gasteiger partial charge in [-0.1, -0.05) is 19.1 Å². The second-order valence-corrected chi connectivity index (χ2v) is 10.2. The zero-order chi connectivity index (χ0) is 24.7. The van der Waals surface area contributed by atoms with Crippen LogP contribution < -0.4 is 14.2 Å². The maximum absolute atomic E-state index is 13.7. The molecule has 2 fully saturated rings. The molecule has 0 aromatic heterocycles. The molecule has 0 amide bonds. The molecule has 0 heterocycles. The Bertz CT molecular complexity index is 1160. The molecular formula is C29H32F2O4. The van der Waals surface area contributed by atoms with Crippen LogP contribution in [0.15, 0.2) is 42.0 Å². The van der Waals surface area contributed by atoms with Crippen LogP contribution in [0.1, 0.15) is 62.1 Å². The highest BCUT2D eigenvalue weighted by Crippen LogP contribution is 2.61. The number of ketones is 1. The van der Waals surface area contributed by atoms with Gasteiger partial charge in [-0.25, -0.2) is 0 Å². The molecule has 0 bridgehead atoms. The minimum Gasteiger partial charge on any atom is -0.497 e. The number of fused-ring (bicyclic) bond motifs is 5. The average molecular weight is 483 g/mol. The molecule has 3 aliphatic rings. The first-order valence-electron chi connectivity index (χ1n) is 12.5. The number of methoxy groups -OCH3 is 1. The van der Waals surface area contributed by atoms with Gasteiger partial charge in [0.05, 0.1) is 13.7 Å². The molecular weight excluding hydrogens is 450 g/mol. The van der Waals surface area contributed by atoms with Gasteiger partial charge in [-0.15, -0.1) is 0 Å². The molecule has 0 saturated heterocycles. The highest BCUT2D eigenvalue weighted by atomic mass is 19.3. The lowest BCUT2D eigenvalue weighted by Gasteiger charge is -2.48. The van der Waals surface area contributed by atoms with E-state index in [2.05, 4.69) is 29.9 Å². The molecule has 4 atom stereocenters. The summed E-state index contributed by atoms with van der Waals surface area (Å²) in [6.45, 7) is 1.34. The van der Waals surface area contributed by atoms with Crippen LogP contribution in [-0.4, -0.2) is 26.1 Å². The Hall–Kier alpha value is -2.89. The molecule has 6 heteroatoms. The Labute approximate surface area is 205 Å². The largest absolute Gasteiger partial charge is 0.497 e. The van der Waals surface area contributed by atoms with Crippen LogP contribution in [-0.2, 0) is 11.2 Å². The van der Waals surface area contributed by atoms with Gasteiger partial charge < -0.3 is 14.2 Å². The Kier molecular flexibility index (Phi) is 6.32. The topological polar surface area (TPSA) is 44.8 Å². The van der Waals surface area contributed by atoms with Gasteiger partial charge in [0.15, 0.2) is 17.3 Å². The standard InChI is InChI=1S/C29H32F2O4/c1-4-34-26-14-17(5-10-25(26)35-28(30)31)13-19-16-24-23-8-6-18-15-20(33-3)7-9-21(18)22(23)11-12-29(24,2)27(19)32/h5,7,9-10,13-15,22-24,28H,4,6,8,11-12,16H2,1-3H3/t22-,23-,24+,29+/m1/s1. The van der Waals surface area contributed by atoms with Crippen LogP contribution in [0.4, 0.5) is 8.78 Å². The Morgan fingerprint density at radius 1 is 1.14 bits per heavy atom. The highest BCUT2D eigenvalue weighted by molar-refractivity contribution is 6.06. The van der Waals surface area contributed by atoms with E-state index in [0.717, 1.165) is 49.0 Å². The molecule has 0 radical (unpaired) electrons. The van der Waals surface area contributed by atoms with E-state index in [0.29, 0.717) is 24.4 Å². The van der Waals surface area contributed by atoms with E-state index in [1.807, 2.05) is 6.08 Å². The molecule has 0 spiro atoms. The van der Waals surface area contributed by atoms with Crippen molar-refractivity contribution in [3.63, 3.8) is 0 Å². The number of alkyl halides is 2. The van der Waals surface area contributed by atoms with Crippen molar-refractivity contribution in [1.29, 1.82) is 0 Å². The van der Waals surface area contributed by atoms with Gasteiger partial charge in [0.2, 0.25) is 0 Å². The van der Waals surface area contributed by atoms with Crippen molar-refractivity contribution in [2.24, 2.45) is 17.3 Å². The first-order chi connectivity index (χ1) is 16.8. The number of benzene rings is 2. The fourth-order valence-electron chi connectivity index (χ4n) is 6.76. The lowest BCUT2D eigenvalue weighted by Crippen LogP contribution is -2.42. The van der Waals surface area contributed by atoms with Crippen LogP contribution in [0.2, 0.25) is 0 Å². The fraction of sp³-hybridized carbons (Fsp3) is 0.483. The first kappa shape index (κ1) is 23.8. The molecule has 2 aromatic rings. The number of carbonyl (C=O) groups is 1. The number of hydrogen-bond acceptors (Lipinski definition) is 4. The van der Waals surface area contributed by atoms with Crippen LogP contribution in [0.25, 0.3) is 6.08 Å². The number of aryl methyl sites for hydroxylation is 1. The molecule has 35 heavy (non-hydrogen) atoms. The maximum Gasteiger partial charge on any atom is 0.387 e. The van der Waals surface area contributed by atoms with Crippen molar-refractivity contribution in [1.82, 2.24) is 0 Å². The van der Waals surface area contributed by atoms with Crippen molar-refractivity contribution in [3.8, 4) is 17.2 Å². The van der Waals surface area contributed by atoms with E-state index < -0.39 is 6.61 Å². The van der Waals surface area contributed by atoms with Gasteiger partial charge in [-0.2, -0.15) is 8.78 Å². The Morgan fingerprint density at radius 2 is 1.97 bits per heavy atom. The summed E-state index contributed by atoms with van der Waals surface area (Å²) in [6.07, 6.45) is 6.66. The van der Waals surface area contributed by atoms with Gasteiger partial charge in [0.1, 0.15) is 5.75 Å². The smallest absolute Gasteiger partial charge is 0.387 e. The number of carbonyl (C=O) groups excluding carboxylic acids is 1. The molecule has 2 saturated carbocycles. The third-order valence-electron chi connectivity index (χ3n) is 8.40. The van der Waals surface area contributed by atoms with Crippen molar-refractivity contribution in [2.75, 3.05) is 13.7 Å². The number of ether oxygens (including phenoxy) is 3. The quantitative estimate of drug-likeness (QED) is 0.424. The van der Waals surface area contributed by atoms with E-state index in [1.54, 1.807) is 26.2 Å². The zero-order valence-electron chi connectivity index (χ0n) is 20.5. The lowest BCUT2D eigenvalue weighted by molar-refractivity contribution is -0.127. The predicted octanol–water partition coefficient (Wildman–Crippen LogP) is 6.81. The summed E-state index contributed by atoms with van der Waals surface area (Å²) in [5, 5.41) is 0. The highest BCUT2D eigenvalue weighted by Gasteiger charge is 2.56. The second-order valence-electron chi connectivity index (χ2n) is 10.2. The summed E-state index contributed by atoms with van der Waals surface area (Å²) >= 11 is 0. The number of Topliss-reactive ketones (excluding diaryl/α,β-unsaturated/α-hetero) is 1. The summed E-state index contributed by atoms with van der Waals surface area (Å²) in [4.78, 5) is 13.7. The zero-order valence-corrected chi connectivity index (χ0v) is 20.5. The maximum atomic E-state index is 13.7. The van der Waals surface area contributed by atoms with Gasteiger partial charge in [-0.05, 0) is 109 Å². The molecule has 0 N–H and O–H groups in total. The van der Waals surface area contributed by atoms with E-state index in [-0.39, 0.29) is 22.7 Å². The van der Waals surface area contributed by atoms with Crippen LogP contribution in [0.5, 0.6) is 17.2 Å². The van der Waals surface area contributed by atoms with E-state index in [1.165, 1.54) is 17.2 Å². The van der Waals surface area contributed by atoms with Crippen LogP contribution in [0, 0.1) is 17.3 Å². The van der Waals surface area contributed by atoms with Gasteiger partial charge >= 0.3 is 6.61 Å². The minimum absolute atomic E-state index is 0.00252. The summed E-state index contributed by atoms with van der Waals surface area (Å²) < 4.78 is 41.1. The van der Waals surface area contributed by atoms with Crippen LogP contribution >= 0.6 is 0 Å². The fourth-order valence-corrected chi connectivity index (χ4v) is 6.76. The molecule has 2 aromatic carbocycles. The summed E-state index contributed by atoms with van der Waals surface area (Å²) in [5.41, 5.74) is 4.04. The average Bonchev–Trinajstić information content (AvgIpc) is 3.10. The number of allylic oxidation sites excluding steroid dienone is 1. The lowest BCUT2D eigenvalue weighted by atomic mass is 9.55. The normalized spacial score (nSPS) is 28.5. The molecule has 0 unspecified atom stereocenters. The monoisotopic (exact) mass is 482 g/mol. The number of rotatable bonds is 6. The predicted molar refractivity (Wildman–Crippen MR) is 130 cm³/mol. The molecule has 3 aliphatic carbocycles. The van der Waals surface area contributed by atoms with Crippen LogP contribution in [0.3, 0.4) is 0 Å². The SMILES string of the molecule is CCOc1cc(C=C2C[C@H]3[C@@H]4CCc5cc(OC)ccc5[C@H]4CC[C@]3(C)C2=O)ccc1OC(F)F. The second kappa shape index (κ2) is 9.29. The Morgan fingerprint density at radius 3 is 2.71 bits per heavy atom. The van der Waals surface area contributed by atoms with E-state index >= 15 is 0 Å². The van der Waals surface area contributed by atoms with Crippen molar-refractivity contribution < 1.29 is 27.8 Å². The number of halogens is 2. The third-order valence-corrected chi connectivity index (χ3v) is 8.40. The summed E-state index contributed by atoms with van der Waals surface area (Å²) in [6, 6.07) is 11.3. The third kappa shape index (κ3) is 4.21. The summed E-state index contributed by atoms with van der Waals surface area (Å²) in [5.74, 6) is 2.66. The molecule has 4 nitrogen and oxygen atoms in total.